The van der Waals surface area contributed by atoms with Gasteiger partial charge >= 0.3 is 23.1 Å². The minimum atomic E-state index is -4.51. The van der Waals surface area contributed by atoms with Gasteiger partial charge in [0.05, 0.1) is 23.2 Å². The van der Waals surface area contributed by atoms with Gasteiger partial charge in [-0.3, -0.25) is 28.7 Å². The second-order valence-electron chi connectivity index (χ2n) is 8.55. The Kier molecular flexibility index (Phi) is 8.85. The van der Waals surface area contributed by atoms with Gasteiger partial charge in [-0.1, -0.05) is 44.9 Å². The van der Waals surface area contributed by atoms with Gasteiger partial charge in [-0.05, 0) is 36.6 Å². The predicted molar refractivity (Wildman–Crippen MR) is 133 cm³/mol. The summed E-state index contributed by atoms with van der Waals surface area (Å²) in [6, 6.07) is 5.18. The van der Waals surface area contributed by atoms with E-state index in [0.717, 1.165) is 17.1 Å². The predicted octanol–water partition coefficient (Wildman–Crippen LogP) is 4.95. The number of hydrogen-bond donors (Lipinski definition) is 0. The van der Waals surface area contributed by atoms with Crippen molar-refractivity contribution in [2.24, 2.45) is 0 Å². The molecular formula is C25H28F3N5O4. The molecule has 0 radical (unpaired) electrons. The largest absolute Gasteiger partial charge is 0.416 e. The van der Waals surface area contributed by atoms with E-state index in [1.54, 1.807) is 0 Å². The summed E-state index contributed by atoms with van der Waals surface area (Å²) in [5.74, 6) is 0. The second-order valence-corrected chi connectivity index (χ2v) is 8.55. The van der Waals surface area contributed by atoms with Crippen molar-refractivity contribution >= 4 is 17.8 Å². The van der Waals surface area contributed by atoms with Gasteiger partial charge in [-0.2, -0.15) is 18.3 Å². The lowest BCUT2D eigenvalue weighted by molar-refractivity contribution is -0.387. The first-order chi connectivity index (χ1) is 17.6. The van der Waals surface area contributed by atoms with Crippen LogP contribution in [0.1, 0.15) is 61.9 Å². The van der Waals surface area contributed by atoms with Gasteiger partial charge in [0.15, 0.2) is 0 Å². The molecule has 1 aromatic carbocycles. The van der Waals surface area contributed by atoms with Crippen LogP contribution in [0, 0.1) is 10.1 Å². The summed E-state index contributed by atoms with van der Waals surface area (Å²) in [7, 11) is 0. The first-order valence-electron chi connectivity index (χ1n) is 12.0. The van der Waals surface area contributed by atoms with Crippen molar-refractivity contribution in [3.05, 3.63) is 90.0 Å². The van der Waals surface area contributed by atoms with Crippen molar-refractivity contribution in [1.29, 1.82) is 0 Å². The van der Waals surface area contributed by atoms with Crippen molar-refractivity contribution < 1.29 is 18.1 Å². The van der Waals surface area contributed by atoms with Crippen LogP contribution in [0.25, 0.3) is 12.2 Å². The standard InChI is InChI=1S/C25H28F3N5O4/c1-3-5-13-31-21(22(33(36)37)23(34)32(24(31)35)14-6-4-2)12-11-18-15-29-30(16-18)17-19-9-7-8-10-20(19)25(26,27)28/h7-12,15-16H,3-6,13-14,17H2,1-2H3. The van der Waals surface area contributed by atoms with E-state index in [0.29, 0.717) is 24.8 Å². The zero-order valence-corrected chi connectivity index (χ0v) is 20.6. The molecule has 0 spiro atoms. The minimum Gasteiger partial charge on any atom is -0.287 e. The Hall–Kier alpha value is -3.96. The molecule has 37 heavy (non-hydrogen) atoms. The zero-order chi connectivity index (χ0) is 27.2. The van der Waals surface area contributed by atoms with Gasteiger partial charge in [0.2, 0.25) is 0 Å². The van der Waals surface area contributed by atoms with Gasteiger partial charge in [0.25, 0.3) is 0 Å². The summed E-state index contributed by atoms with van der Waals surface area (Å²) < 4.78 is 43.4. The summed E-state index contributed by atoms with van der Waals surface area (Å²) in [6.45, 7) is 3.92. The highest BCUT2D eigenvalue weighted by atomic mass is 19.4. The number of unbranched alkanes of at least 4 members (excludes halogenated alkanes) is 2. The van der Waals surface area contributed by atoms with Crippen molar-refractivity contribution in [3.63, 3.8) is 0 Å². The van der Waals surface area contributed by atoms with E-state index >= 15 is 0 Å². The maximum absolute atomic E-state index is 13.3. The molecule has 198 valence electrons. The fraction of sp³-hybridized carbons (Fsp3) is 0.400. The molecule has 0 aliphatic carbocycles. The highest BCUT2D eigenvalue weighted by Gasteiger charge is 2.33. The Morgan fingerprint density at radius 1 is 1.03 bits per heavy atom. The highest BCUT2D eigenvalue weighted by Crippen LogP contribution is 2.32. The van der Waals surface area contributed by atoms with Crippen molar-refractivity contribution in [2.75, 3.05) is 0 Å². The zero-order valence-electron chi connectivity index (χ0n) is 20.6. The summed E-state index contributed by atoms with van der Waals surface area (Å²) >= 11 is 0. The molecule has 3 aromatic rings. The average Bonchev–Trinajstić information content (AvgIpc) is 3.28. The lowest BCUT2D eigenvalue weighted by Crippen LogP contribution is -2.42. The number of rotatable bonds is 11. The van der Waals surface area contributed by atoms with Gasteiger partial charge in [0, 0.05) is 24.8 Å². The number of halogens is 3. The fourth-order valence-electron chi connectivity index (χ4n) is 3.92. The maximum atomic E-state index is 13.3. The summed E-state index contributed by atoms with van der Waals surface area (Å²) in [4.78, 5) is 37.1. The first kappa shape index (κ1) is 27.6. The van der Waals surface area contributed by atoms with Crippen LogP contribution in [-0.2, 0) is 25.8 Å². The molecule has 9 nitrogen and oxygen atoms in total. The van der Waals surface area contributed by atoms with E-state index in [1.165, 1.54) is 52.0 Å². The maximum Gasteiger partial charge on any atom is 0.416 e. The molecule has 2 heterocycles. The quantitative estimate of drug-likeness (QED) is 0.263. The number of nitro groups is 1. The first-order valence-corrected chi connectivity index (χ1v) is 12.0. The van der Waals surface area contributed by atoms with Crippen molar-refractivity contribution in [3.8, 4) is 0 Å². The monoisotopic (exact) mass is 519 g/mol. The Morgan fingerprint density at radius 2 is 1.68 bits per heavy atom. The number of aromatic nitrogens is 4. The summed E-state index contributed by atoms with van der Waals surface area (Å²) in [5, 5.41) is 16.0. The number of nitrogens with zero attached hydrogens (tertiary/aromatic N) is 5. The lowest BCUT2D eigenvalue weighted by atomic mass is 10.1. The van der Waals surface area contributed by atoms with Crippen LogP contribution in [0.4, 0.5) is 18.9 Å². The smallest absolute Gasteiger partial charge is 0.287 e. The van der Waals surface area contributed by atoms with Crippen LogP contribution in [0.3, 0.4) is 0 Å². The average molecular weight is 520 g/mol. The van der Waals surface area contributed by atoms with E-state index in [-0.39, 0.29) is 30.9 Å². The topological polar surface area (TPSA) is 105 Å². The fourth-order valence-corrected chi connectivity index (χ4v) is 3.92. The van der Waals surface area contributed by atoms with Crippen LogP contribution < -0.4 is 11.2 Å². The molecule has 0 saturated heterocycles. The molecule has 0 bridgehead atoms. The lowest BCUT2D eigenvalue weighted by Gasteiger charge is -2.13. The highest BCUT2D eigenvalue weighted by molar-refractivity contribution is 5.71. The molecule has 2 aromatic heterocycles. The van der Waals surface area contributed by atoms with Crippen LogP contribution >= 0.6 is 0 Å². The van der Waals surface area contributed by atoms with Crippen LogP contribution in [0.5, 0.6) is 0 Å². The molecule has 0 saturated carbocycles. The molecule has 0 atom stereocenters. The third-order valence-electron chi connectivity index (χ3n) is 5.84. The second kappa shape index (κ2) is 11.8. The number of hydrogen-bond acceptors (Lipinski definition) is 5. The Balaban J connectivity index is 2.01. The molecule has 0 amide bonds. The Labute approximate surface area is 210 Å². The van der Waals surface area contributed by atoms with Crippen molar-refractivity contribution in [1.82, 2.24) is 18.9 Å². The molecule has 0 aliphatic heterocycles. The van der Waals surface area contributed by atoms with E-state index in [2.05, 4.69) is 5.10 Å². The Bertz CT molecular complexity index is 1400. The molecular weight excluding hydrogens is 491 g/mol. The number of benzene rings is 1. The molecule has 0 fully saturated rings. The van der Waals surface area contributed by atoms with Gasteiger partial charge in [-0.25, -0.2) is 4.79 Å². The van der Waals surface area contributed by atoms with E-state index in [1.807, 2.05) is 13.8 Å². The van der Waals surface area contributed by atoms with Gasteiger partial charge in [-0.15, -0.1) is 0 Å². The van der Waals surface area contributed by atoms with Crippen molar-refractivity contribution in [2.45, 2.75) is 65.3 Å². The molecule has 12 heteroatoms. The minimum absolute atomic E-state index is 0.0355. The molecule has 0 N–H and O–H groups in total. The summed E-state index contributed by atoms with van der Waals surface area (Å²) in [5.41, 5.74) is -2.70. The van der Waals surface area contributed by atoms with Gasteiger partial charge < -0.3 is 0 Å². The number of alkyl halides is 3. The van der Waals surface area contributed by atoms with Crippen LogP contribution in [0.2, 0.25) is 0 Å². The van der Waals surface area contributed by atoms with E-state index in [9.17, 15) is 32.9 Å². The molecule has 0 aliphatic rings. The van der Waals surface area contributed by atoms with E-state index < -0.39 is 33.6 Å². The molecule has 0 unspecified atom stereocenters. The SMILES string of the molecule is CCCCn1c(C=Cc2cnn(Cc3ccccc3C(F)(F)F)c2)c([N+](=O)[O-])c(=O)n(CCCC)c1=O. The summed E-state index contributed by atoms with van der Waals surface area (Å²) in [6.07, 6.45) is 3.63. The third kappa shape index (κ3) is 6.43. The van der Waals surface area contributed by atoms with Gasteiger partial charge in [0.1, 0.15) is 5.69 Å². The van der Waals surface area contributed by atoms with Crippen LogP contribution in [-0.4, -0.2) is 23.8 Å². The Morgan fingerprint density at radius 3 is 2.30 bits per heavy atom. The normalized spacial score (nSPS) is 11.9. The van der Waals surface area contributed by atoms with E-state index in [4.69, 9.17) is 0 Å². The third-order valence-corrected chi connectivity index (χ3v) is 5.84. The van der Waals surface area contributed by atoms with Crippen LogP contribution in [0.15, 0.2) is 46.2 Å². The molecule has 3 rings (SSSR count).